The maximum atomic E-state index is 12.4. The Balaban J connectivity index is 1.77. The standard InChI is InChI=1S/C17H16ClNO3S/c1-10-7-8-13(22-10)17(2,21)9-19-16(20)15-14(18)11-5-3-4-6-12(11)23-15/h3-8,21H,9H2,1-2H3,(H,19,20). The Bertz CT molecular complexity index is 866. The van der Waals surface area contributed by atoms with E-state index >= 15 is 0 Å². The number of furan rings is 1. The molecular formula is C17H16ClNO3S. The first-order chi connectivity index (χ1) is 10.9. The number of benzene rings is 1. The summed E-state index contributed by atoms with van der Waals surface area (Å²) < 4.78 is 6.39. The fourth-order valence-corrected chi connectivity index (χ4v) is 3.74. The van der Waals surface area contributed by atoms with Gasteiger partial charge in [-0.2, -0.15) is 0 Å². The lowest BCUT2D eigenvalue weighted by molar-refractivity contribution is 0.0324. The normalized spacial score (nSPS) is 13.9. The minimum Gasteiger partial charge on any atom is -0.463 e. The number of hydrogen-bond donors (Lipinski definition) is 2. The molecule has 3 rings (SSSR count). The topological polar surface area (TPSA) is 62.5 Å². The Kier molecular flexibility index (Phi) is 4.19. The molecule has 4 nitrogen and oxygen atoms in total. The van der Waals surface area contributed by atoms with Crippen LogP contribution >= 0.6 is 22.9 Å². The molecule has 0 aliphatic heterocycles. The van der Waals surface area contributed by atoms with Gasteiger partial charge < -0.3 is 14.8 Å². The van der Waals surface area contributed by atoms with Crippen molar-refractivity contribution < 1.29 is 14.3 Å². The van der Waals surface area contributed by atoms with Gasteiger partial charge in [0.25, 0.3) is 5.91 Å². The number of rotatable bonds is 4. The number of aliphatic hydroxyl groups is 1. The average Bonchev–Trinajstić information content (AvgIpc) is 3.10. The highest BCUT2D eigenvalue weighted by Gasteiger charge is 2.28. The molecule has 2 aromatic heterocycles. The van der Waals surface area contributed by atoms with Crippen LogP contribution in [0.1, 0.15) is 28.1 Å². The van der Waals surface area contributed by atoms with Gasteiger partial charge in [0.15, 0.2) is 0 Å². The van der Waals surface area contributed by atoms with E-state index in [9.17, 15) is 9.90 Å². The molecule has 1 atom stereocenters. The van der Waals surface area contributed by atoms with Gasteiger partial charge in [-0.1, -0.05) is 29.8 Å². The van der Waals surface area contributed by atoms with E-state index in [0.717, 1.165) is 10.1 Å². The number of halogens is 1. The molecule has 0 fully saturated rings. The van der Waals surface area contributed by atoms with Crippen LogP contribution in [0, 0.1) is 6.92 Å². The molecule has 0 saturated heterocycles. The predicted molar refractivity (Wildman–Crippen MR) is 92.2 cm³/mol. The number of carbonyl (C=O) groups excluding carboxylic acids is 1. The highest BCUT2D eigenvalue weighted by molar-refractivity contribution is 7.21. The van der Waals surface area contributed by atoms with Crippen molar-refractivity contribution in [2.24, 2.45) is 0 Å². The molecule has 23 heavy (non-hydrogen) atoms. The Labute approximate surface area is 142 Å². The third kappa shape index (κ3) is 3.13. The maximum Gasteiger partial charge on any atom is 0.263 e. The summed E-state index contributed by atoms with van der Waals surface area (Å²) in [7, 11) is 0. The van der Waals surface area contributed by atoms with Crippen molar-refractivity contribution in [3.63, 3.8) is 0 Å². The largest absolute Gasteiger partial charge is 0.463 e. The summed E-state index contributed by atoms with van der Waals surface area (Å²) >= 11 is 7.62. The third-order valence-corrected chi connectivity index (χ3v) is 5.28. The van der Waals surface area contributed by atoms with Gasteiger partial charge in [0.1, 0.15) is 22.0 Å². The average molecular weight is 350 g/mol. The quantitative estimate of drug-likeness (QED) is 0.745. The molecule has 0 spiro atoms. The Hall–Kier alpha value is -1.82. The highest BCUT2D eigenvalue weighted by Crippen LogP contribution is 2.35. The summed E-state index contributed by atoms with van der Waals surface area (Å²) in [6.45, 7) is 3.43. The second kappa shape index (κ2) is 6.00. The number of amides is 1. The van der Waals surface area contributed by atoms with Gasteiger partial charge >= 0.3 is 0 Å². The SMILES string of the molecule is Cc1ccc(C(C)(O)CNC(=O)c2sc3ccccc3c2Cl)o1. The Morgan fingerprint density at radius 3 is 2.74 bits per heavy atom. The van der Waals surface area contributed by atoms with Crippen LogP contribution in [0.3, 0.4) is 0 Å². The molecular weight excluding hydrogens is 334 g/mol. The summed E-state index contributed by atoms with van der Waals surface area (Å²) in [6, 6.07) is 11.1. The van der Waals surface area contributed by atoms with Gasteiger partial charge in [-0.15, -0.1) is 11.3 Å². The summed E-state index contributed by atoms with van der Waals surface area (Å²) in [5, 5.41) is 14.5. The number of nitrogens with one attached hydrogen (secondary N) is 1. The lowest BCUT2D eigenvalue weighted by atomic mass is 10.0. The smallest absolute Gasteiger partial charge is 0.263 e. The van der Waals surface area contributed by atoms with Gasteiger partial charge in [-0.05, 0) is 32.0 Å². The molecule has 0 aliphatic carbocycles. The van der Waals surface area contributed by atoms with Crippen LogP contribution < -0.4 is 5.32 Å². The molecule has 1 aromatic carbocycles. The van der Waals surface area contributed by atoms with Crippen molar-refractivity contribution in [2.75, 3.05) is 6.54 Å². The molecule has 6 heteroatoms. The van der Waals surface area contributed by atoms with E-state index in [1.54, 1.807) is 26.0 Å². The van der Waals surface area contributed by atoms with E-state index in [1.807, 2.05) is 24.3 Å². The van der Waals surface area contributed by atoms with Crippen molar-refractivity contribution in [3.8, 4) is 0 Å². The lowest BCUT2D eigenvalue weighted by Gasteiger charge is -2.21. The third-order valence-electron chi connectivity index (χ3n) is 3.61. The first kappa shape index (κ1) is 16.1. The molecule has 3 aromatic rings. The fourth-order valence-electron chi connectivity index (χ4n) is 2.30. The molecule has 0 saturated carbocycles. The lowest BCUT2D eigenvalue weighted by Crippen LogP contribution is -2.38. The molecule has 2 N–H and O–H groups in total. The zero-order valence-corrected chi connectivity index (χ0v) is 14.3. The molecule has 0 aliphatic rings. The number of fused-ring (bicyclic) bond motifs is 1. The zero-order chi connectivity index (χ0) is 16.6. The van der Waals surface area contributed by atoms with Gasteiger partial charge in [0, 0.05) is 10.1 Å². The van der Waals surface area contributed by atoms with Crippen LogP contribution in [-0.4, -0.2) is 17.6 Å². The molecule has 1 amide bonds. The number of hydrogen-bond acceptors (Lipinski definition) is 4. The summed E-state index contributed by atoms with van der Waals surface area (Å²) in [5.74, 6) is 0.816. The number of carbonyl (C=O) groups is 1. The van der Waals surface area contributed by atoms with Crippen LogP contribution in [0.4, 0.5) is 0 Å². The van der Waals surface area contributed by atoms with Crippen LogP contribution in [0.5, 0.6) is 0 Å². The van der Waals surface area contributed by atoms with Crippen LogP contribution in [-0.2, 0) is 5.60 Å². The van der Waals surface area contributed by atoms with Crippen LogP contribution in [0.25, 0.3) is 10.1 Å². The van der Waals surface area contributed by atoms with E-state index in [4.69, 9.17) is 16.0 Å². The van der Waals surface area contributed by atoms with E-state index < -0.39 is 5.60 Å². The van der Waals surface area contributed by atoms with E-state index in [1.165, 1.54) is 11.3 Å². The fraction of sp³-hybridized carbons (Fsp3) is 0.235. The Morgan fingerprint density at radius 2 is 2.09 bits per heavy atom. The summed E-state index contributed by atoms with van der Waals surface area (Å²) in [4.78, 5) is 12.8. The Morgan fingerprint density at radius 1 is 1.35 bits per heavy atom. The number of aryl methyl sites for hydroxylation is 1. The molecule has 2 heterocycles. The first-order valence-electron chi connectivity index (χ1n) is 7.13. The van der Waals surface area contributed by atoms with Crippen molar-refractivity contribution >= 4 is 38.9 Å². The van der Waals surface area contributed by atoms with Gasteiger partial charge in [-0.3, -0.25) is 4.79 Å². The van der Waals surface area contributed by atoms with Crippen LogP contribution in [0.2, 0.25) is 5.02 Å². The molecule has 1 unspecified atom stereocenters. The molecule has 0 bridgehead atoms. The second-order valence-electron chi connectivity index (χ2n) is 5.61. The van der Waals surface area contributed by atoms with Crippen molar-refractivity contribution in [3.05, 3.63) is 57.8 Å². The summed E-state index contributed by atoms with van der Waals surface area (Å²) in [5.41, 5.74) is -1.28. The molecule has 0 radical (unpaired) electrons. The van der Waals surface area contributed by atoms with Crippen LogP contribution in [0.15, 0.2) is 40.8 Å². The van der Waals surface area contributed by atoms with Crippen molar-refractivity contribution in [1.82, 2.24) is 5.32 Å². The molecule has 120 valence electrons. The summed E-state index contributed by atoms with van der Waals surface area (Å²) in [6.07, 6.45) is 0. The predicted octanol–water partition coefficient (Wildman–Crippen LogP) is 4.09. The number of thiophene rings is 1. The highest BCUT2D eigenvalue weighted by atomic mass is 35.5. The zero-order valence-electron chi connectivity index (χ0n) is 12.7. The monoisotopic (exact) mass is 349 g/mol. The maximum absolute atomic E-state index is 12.4. The van der Waals surface area contributed by atoms with E-state index in [-0.39, 0.29) is 12.5 Å². The first-order valence-corrected chi connectivity index (χ1v) is 8.32. The van der Waals surface area contributed by atoms with E-state index in [2.05, 4.69) is 5.32 Å². The van der Waals surface area contributed by atoms with Gasteiger partial charge in [0.05, 0.1) is 11.6 Å². The van der Waals surface area contributed by atoms with Gasteiger partial charge in [0.2, 0.25) is 0 Å². The van der Waals surface area contributed by atoms with Gasteiger partial charge in [-0.25, -0.2) is 0 Å². The van der Waals surface area contributed by atoms with E-state index in [0.29, 0.717) is 21.4 Å². The second-order valence-corrected chi connectivity index (χ2v) is 7.04. The minimum absolute atomic E-state index is 0.0311. The minimum atomic E-state index is -1.28. The van der Waals surface area contributed by atoms with Crippen molar-refractivity contribution in [2.45, 2.75) is 19.4 Å². The van der Waals surface area contributed by atoms with Crippen molar-refractivity contribution in [1.29, 1.82) is 0 Å².